The number of amides is 8. The van der Waals surface area contributed by atoms with E-state index in [1.807, 2.05) is 65.0 Å². The molecule has 2 heterocycles. The smallest absolute Gasteiger partial charge is 0.408 e. The summed E-state index contributed by atoms with van der Waals surface area (Å²) in [5, 5.41) is 19.6. The maximum absolute atomic E-state index is 15.0. The van der Waals surface area contributed by atoms with E-state index in [0.29, 0.717) is 18.7 Å². The van der Waals surface area contributed by atoms with Gasteiger partial charge in [0, 0.05) is 34.4 Å². The van der Waals surface area contributed by atoms with Crippen LogP contribution in [0.2, 0.25) is 0 Å². The van der Waals surface area contributed by atoms with E-state index in [1.165, 1.54) is 76.4 Å². The summed E-state index contributed by atoms with van der Waals surface area (Å²) in [7, 11) is 10.5. The van der Waals surface area contributed by atoms with Gasteiger partial charge in [0.25, 0.3) is 5.91 Å². The summed E-state index contributed by atoms with van der Waals surface area (Å²) in [6.45, 7) is 23.2. The lowest BCUT2D eigenvalue weighted by Gasteiger charge is -2.48. The molecule has 2 unspecified atom stereocenters. The van der Waals surface area contributed by atoms with Crippen LogP contribution in [0.4, 0.5) is 4.79 Å². The van der Waals surface area contributed by atoms with Crippen LogP contribution in [0.1, 0.15) is 116 Å². The molecule has 1 fully saturated rings. The predicted octanol–water partition coefficient (Wildman–Crippen LogP) is 5.38. The molecule has 19 nitrogen and oxygen atoms in total. The monoisotopic (exact) mass is 1060 g/mol. The van der Waals surface area contributed by atoms with Crippen molar-refractivity contribution < 1.29 is 52.8 Å². The molecule has 0 aliphatic carbocycles. The lowest BCUT2D eigenvalue weighted by atomic mass is 9.91. The first-order valence-electron chi connectivity index (χ1n) is 25.4. The molecule has 0 spiro atoms. The molecular weight excluding hydrogens is 975 g/mol. The number of likely N-dealkylation sites (N-methyl/N-ethyl adjacent to an activating group) is 5. The Bertz CT molecular complexity index is 2070. The molecule has 2 rings (SSSR count). The van der Waals surface area contributed by atoms with Crippen molar-refractivity contribution in [2.75, 3.05) is 54.1 Å². The van der Waals surface area contributed by atoms with Crippen LogP contribution in [0.3, 0.4) is 0 Å². The van der Waals surface area contributed by atoms with Crippen molar-refractivity contribution in [3.8, 4) is 0 Å². The van der Waals surface area contributed by atoms with E-state index in [-0.39, 0.29) is 48.1 Å². The third kappa shape index (κ3) is 18.0. The number of ether oxygens (including phenoxy) is 1. The van der Waals surface area contributed by atoms with Gasteiger partial charge in [-0.05, 0) is 107 Å². The average Bonchev–Trinajstić information content (AvgIpc) is 3.31. The molecule has 73 heavy (non-hydrogen) atoms. The van der Waals surface area contributed by atoms with E-state index in [0.717, 1.165) is 9.93 Å². The number of quaternary nitrogens is 1. The van der Waals surface area contributed by atoms with Crippen LogP contribution in [-0.2, 0) is 38.3 Å². The Hall–Kier alpha value is -4.73. The normalized spacial score (nSPS) is 18.2. The first-order chi connectivity index (χ1) is 33.9. The Kier molecular flexibility index (Phi) is 25.4. The highest BCUT2D eigenvalue weighted by atomic mass is 33.1. The fraction of sp³-hybridized carbons (Fsp3) is 0.712. The Morgan fingerprint density at radius 2 is 1.38 bits per heavy atom. The standard InChI is InChI=1S/C52H87N9O10S2/c1-19-21-24-35(9)44(63)43(45(64)55-37(20-2)47(66)60-31-41(62)61(60,18)27-28-72-73-40-25-22-23-26-53-40)59(17)50(69)42(34(7)8)58(16)49(68)39(30-33(5)6)57(15)48(67)38(29-32(3)4)56(14)46(65)36(10)54-51(70)71-52(11,12)13/h19,21-23,25-26,32-39,42-44,63H,20,24,27-31H2,1-18H3,(H-,54,55,64,70)/p+1/b21-19-/t35-,36+,37+,38-,39-,42+,43?,44+,61?/m1/s1. The van der Waals surface area contributed by atoms with Gasteiger partial charge in [-0.2, -0.15) is 9.60 Å². The van der Waals surface area contributed by atoms with Gasteiger partial charge >= 0.3 is 12.0 Å². The third-order valence-electron chi connectivity index (χ3n) is 13.1. The fourth-order valence-electron chi connectivity index (χ4n) is 8.64. The number of hydrogen-bond acceptors (Lipinski definition) is 13. The molecule has 8 amide bonds. The van der Waals surface area contributed by atoms with Crippen molar-refractivity contribution >= 4 is 69.0 Å². The Morgan fingerprint density at radius 1 is 0.836 bits per heavy atom. The molecule has 1 aromatic rings. The van der Waals surface area contributed by atoms with Gasteiger partial charge in [0.15, 0.2) is 6.54 Å². The number of rotatable bonds is 27. The van der Waals surface area contributed by atoms with Crippen LogP contribution < -0.4 is 10.6 Å². The summed E-state index contributed by atoms with van der Waals surface area (Å²) in [6, 6.07) is -1.40. The largest absolute Gasteiger partial charge is 0.444 e. The van der Waals surface area contributed by atoms with E-state index in [4.69, 9.17) is 4.74 Å². The van der Waals surface area contributed by atoms with Crippen LogP contribution in [0.15, 0.2) is 41.6 Å². The zero-order chi connectivity index (χ0) is 55.9. The number of aromatic nitrogens is 1. The molecule has 1 aliphatic heterocycles. The van der Waals surface area contributed by atoms with Gasteiger partial charge in [-0.3, -0.25) is 28.8 Å². The number of hydrogen-bond donors (Lipinski definition) is 3. The average molecular weight is 1060 g/mol. The van der Waals surface area contributed by atoms with Crippen LogP contribution in [-0.4, -0.2) is 189 Å². The Morgan fingerprint density at radius 3 is 1.86 bits per heavy atom. The van der Waals surface area contributed by atoms with Gasteiger partial charge in [0.2, 0.25) is 29.5 Å². The summed E-state index contributed by atoms with van der Waals surface area (Å²) in [5.41, 5.74) is -0.804. The predicted molar refractivity (Wildman–Crippen MR) is 286 cm³/mol. The number of nitrogens with zero attached hydrogens (tertiary/aromatic N) is 7. The highest BCUT2D eigenvalue weighted by Crippen LogP contribution is 2.32. The van der Waals surface area contributed by atoms with E-state index < -0.39 is 101 Å². The number of aliphatic hydroxyl groups is 1. The molecule has 1 aromatic heterocycles. The van der Waals surface area contributed by atoms with Crippen molar-refractivity contribution in [3.63, 3.8) is 0 Å². The molecule has 0 radical (unpaired) electrons. The van der Waals surface area contributed by atoms with Gasteiger partial charge in [-0.15, -0.1) is 0 Å². The maximum atomic E-state index is 15.0. The highest BCUT2D eigenvalue weighted by Gasteiger charge is 2.55. The number of nitrogens with one attached hydrogen (secondary N) is 2. The molecule has 0 aromatic carbocycles. The number of carbonyl (C=O) groups is 8. The number of aliphatic hydroxyl groups excluding tert-OH is 1. The number of allylic oxidation sites excluding steroid dienone is 2. The minimum atomic E-state index is -1.52. The first kappa shape index (κ1) is 64.4. The van der Waals surface area contributed by atoms with E-state index >= 15 is 4.79 Å². The molecule has 9 atom stereocenters. The SMILES string of the molecule is C/C=C\C[C@@H](C)[C@H](O)C(C(=O)N[C@@H](CC)C(=O)N1CC(=O)[N+]1(C)CCSSc1ccccn1)N(C)C(=O)[C@H](C(C)C)N(C)C(=O)[C@@H](CC(C)C)N(C)C(=O)[C@@H](CC(C)C)N(C)C(=O)[C@H](C)NC(=O)OC(C)(C)C. The van der Waals surface area contributed by atoms with Crippen LogP contribution >= 0.6 is 21.6 Å². The second-order valence-corrected chi connectivity index (χ2v) is 24.0. The van der Waals surface area contributed by atoms with Crippen molar-refractivity contribution in [3.05, 3.63) is 36.5 Å². The summed E-state index contributed by atoms with van der Waals surface area (Å²) >= 11 is 0. The topological polar surface area (TPSA) is 219 Å². The second-order valence-electron chi connectivity index (χ2n) is 21.6. The van der Waals surface area contributed by atoms with Gasteiger partial charge in [0.1, 0.15) is 53.4 Å². The zero-order valence-corrected chi connectivity index (χ0v) is 48.5. The van der Waals surface area contributed by atoms with E-state index in [9.17, 15) is 38.7 Å². The van der Waals surface area contributed by atoms with Gasteiger partial charge in [-0.25, -0.2) is 14.6 Å². The van der Waals surface area contributed by atoms with Crippen molar-refractivity contribution in [2.24, 2.45) is 23.7 Å². The molecular formula is C52H88N9O10S2+. The van der Waals surface area contributed by atoms with E-state index in [1.54, 1.807) is 61.7 Å². The summed E-state index contributed by atoms with van der Waals surface area (Å²) < 4.78 is 5.06. The van der Waals surface area contributed by atoms with Crippen molar-refractivity contribution in [1.82, 2.24) is 40.2 Å². The molecule has 1 saturated heterocycles. The molecule has 21 heteroatoms. The Labute approximate surface area is 443 Å². The quantitative estimate of drug-likeness (QED) is 0.0437. The lowest BCUT2D eigenvalue weighted by molar-refractivity contribution is -0.966. The molecule has 3 N–H and O–H groups in total. The molecule has 0 bridgehead atoms. The number of pyridine rings is 1. The first-order valence-corrected chi connectivity index (χ1v) is 27.7. The highest BCUT2D eigenvalue weighted by molar-refractivity contribution is 8.76. The maximum Gasteiger partial charge on any atom is 0.408 e. The summed E-state index contributed by atoms with van der Waals surface area (Å²) in [4.78, 5) is 122. The Balaban J connectivity index is 2.49. The van der Waals surface area contributed by atoms with E-state index in [2.05, 4.69) is 15.6 Å². The summed E-state index contributed by atoms with van der Waals surface area (Å²) in [5.74, 6) is -4.42. The second kappa shape index (κ2) is 28.8. The van der Waals surface area contributed by atoms with Crippen LogP contribution in [0.5, 0.6) is 0 Å². The van der Waals surface area contributed by atoms with Crippen LogP contribution in [0, 0.1) is 23.7 Å². The summed E-state index contributed by atoms with van der Waals surface area (Å²) in [6.07, 6.45) is 4.08. The fourth-order valence-corrected chi connectivity index (χ4v) is 10.6. The number of carbonyl (C=O) groups excluding carboxylic acids is 8. The molecule has 0 saturated carbocycles. The van der Waals surface area contributed by atoms with Gasteiger partial charge < -0.3 is 40.1 Å². The third-order valence-corrected chi connectivity index (χ3v) is 15.3. The minimum Gasteiger partial charge on any atom is -0.444 e. The van der Waals surface area contributed by atoms with Crippen LogP contribution in [0.25, 0.3) is 0 Å². The molecule has 412 valence electrons. The molecule has 1 aliphatic rings. The van der Waals surface area contributed by atoms with Crippen molar-refractivity contribution in [1.29, 1.82) is 0 Å². The number of alkyl carbamates (subject to hydrolysis) is 1. The minimum absolute atomic E-state index is 0.0599. The zero-order valence-electron chi connectivity index (χ0n) is 46.8. The van der Waals surface area contributed by atoms with Crippen molar-refractivity contribution in [2.45, 2.75) is 169 Å². The van der Waals surface area contributed by atoms with Gasteiger partial charge in [0.05, 0.1) is 18.9 Å². The van der Waals surface area contributed by atoms with Gasteiger partial charge in [-0.1, -0.05) is 84.4 Å². The lowest BCUT2D eigenvalue weighted by Crippen LogP contribution is -2.77.